The van der Waals surface area contributed by atoms with Crippen LogP contribution in [-0.4, -0.2) is 6.54 Å². The summed E-state index contributed by atoms with van der Waals surface area (Å²) in [7, 11) is 0. The molecule has 0 bridgehead atoms. The van der Waals surface area contributed by atoms with Crippen molar-refractivity contribution in [2.45, 2.75) is 19.4 Å². The van der Waals surface area contributed by atoms with E-state index in [0.29, 0.717) is 20.1 Å². The van der Waals surface area contributed by atoms with Gasteiger partial charge in [-0.3, -0.25) is 0 Å². The third kappa shape index (κ3) is 3.98. The Morgan fingerprint density at radius 3 is 2.67 bits per heavy atom. The molecule has 112 valence electrons. The first-order chi connectivity index (χ1) is 10.0. The number of nitrogens with one attached hydrogen (secondary N) is 1. The van der Waals surface area contributed by atoms with Gasteiger partial charge in [0.2, 0.25) is 0 Å². The first-order valence-electron chi connectivity index (χ1n) is 6.66. The highest BCUT2D eigenvalue weighted by Gasteiger charge is 2.21. The van der Waals surface area contributed by atoms with Crippen molar-refractivity contribution in [2.75, 3.05) is 6.54 Å². The van der Waals surface area contributed by atoms with Gasteiger partial charge in [-0.2, -0.15) is 0 Å². The Morgan fingerprint density at radius 1 is 1.19 bits per heavy atom. The average molecular weight is 391 g/mol. The molecule has 0 aliphatic heterocycles. The molecule has 2 aromatic rings. The van der Waals surface area contributed by atoms with E-state index in [0.717, 1.165) is 18.5 Å². The van der Waals surface area contributed by atoms with Gasteiger partial charge in [-0.25, -0.2) is 4.39 Å². The Morgan fingerprint density at radius 2 is 1.95 bits per heavy atom. The van der Waals surface area contributed by atoms with Gasteiger partial charge in [-0.05, 0) is 58.7 Å². The molecule has 1 unspecified atom stereocenters. The zero-order valence-electron chi connectivity index (χ0n) is 11.5. The number of hydrogen-bond donors (Lipinski definition) is 1. The van der Waals surface area contributed by atoms with Crippen molar-refractivity contribution in [3.05, 3.63) is 67.9 Å². The highest BCUT2D eigenvalue weighted by atomic mass is 79.9. The molecule has 1 nitrogen and oxygen atoms in total. The summed E-state index contributed by atoms with van der Waals surface area (Å²) in [5.74, 6) is -0.290. The van der Waals surface area contributed by atoms with Gasteiger partial charge >= 0.3 is 0 Å². The quantitative estimate of drug-likeness (QED) is 0.661. The Labute approximate surface area is 142 Å². The van der Waals surface area contributed by atoms with Crippen LogP contribution in [0.25, 0.3) is 0 Å². The third-order valence-corrected chi connectivity index (χ3v) is 4.35. The lowest BCUT2D eigenvalue weighted by Crippen LogP contribution is -2.24. The number of halogens is 4. The van der Waals surface area contributed by atoms with Crippen molar-refractivity contribution < 1.29 is 4.39 Å². The van der Waals surface area contributed by atoms with E-state index in [9.17, 15) is 4.39 Å². The highest BCUT2D eigenvalue weighted by Crippen LogP contribution is 2.33. The SMILES string of the molecule is CCCNC(c1cc(Cl)ccc1Cl)c1cccc(Br)c1F. The second kappa shape index (κ2) is 7.59. The fourth-order valence-corrected chi connectivity index (χ4v) is 2.94. The molecular weight excluding hydrogens is 376 g/mol. The first kappa shape index (κ1) is 16.8. The normalized spacial score (nSPS) is 12.4. The van der Waals surface area contributed by atoms with Crippen LogP contribution in [0.2, 0.25) is 10.0 Å². The molecule has 0 amide bonds. The summed E-state index contributed by atoms with van der Waals surface area (Å²) in [6.45, 7) is 2.81. The molecular formula is C16H15BrCl2FN. The van der Waals surface area contributed by atoms with Crippen LogP contribution in [-0.2, 0) is 0 Å². The number of benzene rings is 2. The maximum atomic E-state index is 14.4. The number of rotatable bonds is 5. The lowest BCUT2D eigenvalue weighted by molar-refractivity contribution is 0.543. The molecule has 1 atom stereocenters. The fraction of sp³-hybridized carbons (Fsp3) is 0.250. The van der Waals surface area contributed by atoms with E-state index in [-0.39, 0.29) is 11.9 Å². The predicted molar refractivity (Wildman–Crippen MR) is 90.7 cm³/mol. The molecule has 0 saturated heterocycles. The zero-order chi connectivity index (χ0) is 15.4. The standard InChI is InChI=1S/C16H15BrCl2FN/c1-2-8-21-16(11-4-3-5-13(17)15(11)20)12-9-10(18)6-7-14(12)19/h3-7,9,16,21H,2,8H2,1H3. The van der Waals surface area contributed by atoms with Gasteiger partial charge in [-0.15, -0.1) is 0 Å². The van der Waals surface area contributed by atoms with Crippen molar-refractivity contribution in [1.29, 1.82) is 0 Å². The monoisotopic (exact) mass is 389 g/mol. The molecule has 0 spiro atoms. The van der Waals surface area contributed by atoms with E-state index in [1.165, 1.54) is 0 Å². The van der Waals surface area contributed by atoms with Crippen molar-refractivity contribution in [3.8, 4) is 0 Å². The Kier molecular flexibility index (Phi) is 6.06. The minimum atomic E-state index is -0.339. The molecule has 0 radical (unpaired) electrons. The van der Waals surface area contributed by atoms with Crippen LogP contribution in [0.1, 0.15) is 30.5 Å². The molecule has 0 fully saturated rings. The summed E-state index contributed by atoms with van der Waals surface area (Å²) < 4.78 is 14.9. The van der Waals surface area contributed by atoms with Gasteiger partial charge in [-0.1, -0.05) is 42.3 Å². The maximum absolute atomic E-state index is 14.4. The summed E-state index contributed by atoms with van der Waals surface area (Å²) in [6, 6.07) is 10.1. The topological polar surface area (TPSA) is 12.0 Å². The highest BCUT2D eigenvalue weighted by molar-refractivity contribution is 9.10. The van der Waals surface area contributed by atoms with Gasteiger partial charge in [0.05, 0.1) is 10.5 Å². The maximum Gasteiger partial charge on any atom is 0.142 e. The van der Waals surface area contributed by atoms with Crippen LogP contribution in [0, 0.1) is 5.82 Å². The predicted octanol–water partition coefficient (Wildman–Crippen LogP) is 5.98. The van der Waals surface area contributed by atoms with E-state index in [4.69, 9.17) is 23.2 Å². The van der Waals surface area contributed by atoms with E-state index in [1.54, 1.807) is 30.3 Å². The van der Waals surface area contributed by atoms with Gasteiger partial charge in [0.1, 0.15) is 5.82 Å². The lowest BCUT2D eigenvalue weighted by atomic mass is 9.98. The second-order valence-corrected chi connectivity index (χ2v) is 6.39. The molecule has 1 N–H and O–H groups in total. The van der Waals surface area contributed by atoms with Crippen LogP contribution in [0.15, 0.2) is 40.9 Å². The molecule has 0 heterocycles. The second-order valence-electron chi connectivity index (χ2n) is 4.70. The van der Waals surface area contributed by atoms with Crippen LogP contribution in [0.4, 0.5) is 4.39 Å². The van der Waals surface area contributed by atoms with Crippen LogP contribution in [0.5, 0.6) is 0 Å². The summed E-state index contributed by atoms with van der Waals surface area (Å²) in [5, 5.41) is 4.47. The van der Waals surface area contributed by atoms with Crippen LogP contribution >= 0.6 is 39.1 Å². The molecule has 0 aliphatic carbocycles. The van der Waals surface area contributed by atoms with E-state index in [1.807, 2.05) is 6.07 Å². The molecule has 0 saturated carbocycles. The minimum Gasteiger partial charge on any atom is -0.306 e. The van der Waals surface area contributed by atoms with E-state index >= 15 is 0 Å². The van der Waals surface area contributed by atoms with Crippen LogP contribution in [0.3, 0.4) is 0 Å². The lowest BCUT2D eigenvalue weighted by Gasteiger charge is -2.22. The molecule has 5 heteroatoms. The summed E-state index contributed by atoms with van der Waals surface area (Å²) in [4.78, 5) is 0. The zero-order valence-corrected chi connectivity index (χ0v) is 14.6. The molecule has 0 aliphatic rings. The largest absolute Gasteiger partial charge is 0.306 e. The van der Waals surface area contributed by atoms with Crippen molar-refractivity contribution in [1.82, 2.24) is 5.32 Å². The summed E-state index contributed by atoms with van der Waals surface area (Å²) >= 11 is 15.6. The Hall–Kier alpha value is -0.610. The summed E-state index contributed by atoms with van der Waals surface area (Å²) in [5.41, 5.74) is 1.32. The van der Waals surface area contributed by atoms with Crippen LogP contribution < -0.4 is 5.32 Å². The minimum absolute atomic E-state index is 0.290. The molecule has 2 rings (SSSR count). The van der Waals surface area contributed by atoms with Gasteiger partial charge in [0, 0.05) is 15.6 Å². The Bertz CT molecular complexity index is 632. The first-order valence-corrected chi connectivity index (χ1v) is 8.21. The van der Waals surface area contributed by atoms with Crippen molar-refractivity contribution in [2.24, 2.45) is 0 Å². The van der Waals surface area contributed by atoms with Crippen molar-refractivity contribution >= 4 is 39.1 Å². The fourth-order valence-electron chi connectivity index (χ4n) is 2.16. The van der Waals surface area contributed by atoms with Gasteiger partial charge in [0.15, 0.2) is 0 Å². The van der Waals surface area contributed by atoms with Crippen molar-refractivity contribution in [3.63, 3.8) is 0 Å². The Balaban J connectivity index is 2.52. The smallest absolute Gasteiger partial charge is 0.142 e. The van der Waals surface area contributed by atoms with Gasteiger partial charge < -0.3 is 5.32 Å². The summed E-state index contributed by atoms with van der Waals surface area (Å²) in [6.07, 6.45) is 0.935. The third-order valence-electron chi connectivity index (χ3n) is 3.16. The average Bonchev–Trinajstić information content (AvgIpc) is 2.47. The van der Waals surface area contributed by atoms with E-state index in [2.05, 4.69) is 28.2 Å². The number of hydrogen-bond acceptors (Lipinski definition) is 1. The van der Waals surface area contributed by atoms with E-state index < -0.39 is 0 Å². The molecule has 0 aromatic heterocycles. The van der Waals surface area contributed by atoms with Gasteiger partial charge in [0.25, 0.3) is 0 Å². The molecule has 2 aromatic carbocycles. The molecule has 21 heavy (non-hydrogen) atoms.